The number of nitrogens with zero attached hydrogens (tertiary/aromatic N) is 1. The molecular weight excluding hydrogens is 252 g/mol. The summed E-state index contributed by atoms with van der Waals surface area (Å²) in [5.41, 5.74) is 8.40. The van der Waals surface area contributed by atoms with Crippen LogP contribution in [0.15, 0.2) is 28.8 Å². The van der Waals surface area contributed by atoms with Crippen LogP contribution in [-0.4, -0.2) is 11.8 Å². The van der Waals surface area contributed by atoms with Crippen molar-refractivity contribution in [2.45, 2.75) is 33.7 Å². The highest BCUT2D eigenvalue weighted by Gasteiger charge is 2.12. The normalized spacial score (nSPS) is 11.1. The fourth-order valence-corrected chi connectivity index (χ4v) is 1.94. The van der Waals surface area contributed by atoms with E-state index in [-0.39, 0.29) is 0 Å². The molecular formula is C16H22N2O2. The molecule has 0 aliphatic carbocycles. The van der Waals surface area contributed by atoms with Gasteiger partial charge in [-0.3, -0.25) is 0 Å². The lowest BCUT2D eigenvalue weighted by Gasteiger charge is -2.08. The second-order valence-electron chi connectivity index (χ2n) is 5.34. The minimum absolute atomic E-state index is 0.395. The van der Waals surface area contributed by atoms with Crippen molar-refractivity contribution < 1.29 is 9.26 Å². The Hall–Kier alpha value is -1.81. The summed E-state index contributed by atoms with van der Waals surface area (Å²) in [5.74, 6) is 2.31. The average Bonchev–Trinajstić information content (AvgIpc) is 2.80. The summed E-state index contributed by atoms with van der Waals surface area (Å²) in [6.45, 7) is 7.49. The second kappa shape index (κ2) is 6.57. The van der Waals surface area contributed by atoms with E-state index in [2.05, 4.69) is 19.0 Å². The molecule has 2 rings (SSSR count). The van der Waals surface area contributed by atoms with Gasteiger partial charge in [0.25, 0.3) is 0 Å². The van der Waals surface area contributed by atoms with Gasteiger partial charge in [0, 0.05) is 17.7 Å². The maximum atomic E-state index is 5.70. The van der Waals surface area contributed by atoms with Crippen LogP contribution < -0.4 is 10.5 Å². The molecule has 0 aliphatic heterocycles. The molecule has 1 aromatic carbocycles. The van der Waals surface area contributed by atoms with Crippen molar-refractivity contribution in [1.82, 2.24) is 5.16 Å². The van der Waals surface area contributed by atoms with Crippen LogP contribution in [-0.2, 0) is 6.54 Å². The summed E-state index contributed by atoms with van der Waals surface area (Å²) >= 11 is 0. The third kappa shape index (κ3) is 3.39. The zero-order chi connectivity index (χ0) is 14.5. The molecule has 0 bridgehead atoms. The fraction of sp³-hybridized carbons (Fsp3) is 0.438. The minimum Gasteiger partial charge on any atom is -0.494 e. The van der Waals surface area contributed by atoms with Crippen LogP contribution in [0, 0.1) is 12.8 Å². The molecule has 2 N–H and O–H groups in total. The first-order chi connectivity index (χ1) is 9.61. The van der Waals surface area contributed by atoms with Gasteiger partial charge in [0.1, 0.15) is 11.4 Å². The Morgan fingerprint density at radius 3 is 2.50 bits per heavy atom. The van der Waals surface area contributed by atoms with E-state index < -0.39 is 0 Å². The molecule has 4 nitrogen and oxygen atoms in total. The smallest absolute Gasteiger partial charge is 0.170 e. The van der Waals surface area contributed by atoms with Crippen molar-refractivity contribution in [1.29, 1.82) is 0 Å². The van der Waals surface area contributed by atoms with Gasteiger partial charge in [0.2, 0.25) is 0 Å². The van der Waals surface area contributed by atoms with E-state index in [1.807, 2.05) is 31.2 Å². The van der Waals surface area contributed by atoms with Crippen LogP contribution >= 0.6 is 0 Å². The van der Waals surface area contributed by atoms with Gasteiger partial charge < -0.3 is 15.0 Å². The molecule has 0 saturated heterocycles. The highest BCUT2D eigenvalue weighted by molar-refractivity contribution is 5.62. The molecule has 0 aliphatic rings. The lowest BCUT2D eigenvalue weighted by atomic mass is 10.1. The summed E-state index contributed by atoms with van der Waals surface area (Å²) < 4.78 is 11.1. The molecule has 0 spiro atoms. The number of nitrogens with two attached hydrogens (primary N) is 1. The molecule has 0 unspecified atom stereocenters. The first-order valence-corrected chi connectivity index (χ1v) is 7.00. The van der Waals surface area contributed by atoms with E-state index in [9.17, 15) is 0 Å². The molecule has 4 heteroatoms. The molecule has 0 fully saturated rings. The fourth-order valence-electron chi connectivity index (χ4n) is 1.94. The molecule has 0 saturated carbocycles. The maximum absolute atomic E-state index is 5.70. The van der Waals surface area contributed by atoms with Crippen molar-refractivity contribution >= 4 is 0 Å². The predicted molar refractivity (Wildman–Crippen MR) is 79.5 cm³/mol. The summed E-state index contributed by atoms with van der Waals surface area (Å²) in [7, 11) is 0. The van der Waals surface area contributed by atoms with Crippen LogP contribution in [0.5, 0.6) is 5.75 Å². The number of ether oxygens (including phenoxy) is 1. The standard InChI is InChI=1S/C16H22N2O2/c1-11(2)8-9-19-14-6-4-13(5-7-14)16-12(3)15(10-17)18-20-16/h4-7,11H,8-10,17H2,1-3H3. The number of rotatable bonds is 6. The van der Waals surface area contributed by atoms with Crippen LogP contribution in [0.2, 0.25) is 0 Å². The Labute approximate surface area is 119 Å². The lowest BCUT2D eigenvalue weighted by molar-refractivity contribution is 0.289. The summed E-state index contributed by atoms with van der Waals surface area (Å²) in [5, 5.41) is 3.97. The first-order valence-electron chi connectivity index (χ1n) is 7.00. The molecule has 1 heterocycles. The van der Waals surface area contributed by atoms with Gasteiger partial charge >= 0.3 is 0 Å². The number of hydrogen-bond acceptors (Lipinski definition) is 4. The van der Waals surface area contributed by atoms with Crippen molar-refractivity contribution in [3.8, 4) is 17.1 Å². The Kier molecular flexibility index (Phi) is 4.79. The van der Waals surface area contributed by atoms with Gasteiger partial charge in [0.05, 0.1) is 6.61 Å². The summed E-state index contributed by atoms with van der Waals surface area (Å²) in [6.07, 6.45) is 1.06. The largest absolute Gasteiger partial charge is 0.494 e. The van der Waals surface area contributed by atoms with Crippen LogP contribution in [0.1, 0.15) is 31.5 Å². The Bertz CT molecular complexity index is 544. The number of hydrogen-bond donors (Lipinski definition) is 1. The van der Waals surface area contributed by atoms with E-state index in [0.29, 0.717) is 12.5 Å². The zero-order valence-electron chi connectivity index (χ0n) is 12.3. The third-order valence-corrected chi connectivity index (χ3v) is 3.29. The van der Waals surface area contributed by atoms with Crippen molar-refractivity contribution in [2.24, 2.45) is 11.7 Å². The predicted octanol–water partition coefficient (Wildman–Crippen LogP) is 3.53. The molecule has 0 radical (unpaired) electrons. The van der Waals surface area contributed by atoms with Crippen LogP contribution in [0.25, 0.3) is 11.3 Å². The Morgan fingerprint density at radius 1 is 1.25 bits per heavy atom. The highest BCUT2D eigenvalue weighted by atomic mass is 16.5. The second-order valence-corrected chi connectivity index (χ2v) is 5.34. The SMILES string of the molecule is Cc1c(CN)noc1-c1ccc(OCCC(C)C)cc1. The molecule has 1 aromatic heterocycles. The molecule has 108 valence electrons. The summed E-state index contributed by atoms with van der Waals surface area (Å²) in [4.78, 5) is 0. The van der Waals surface area contributed by atoms with Gasteiger partial charge in [-0.15, -0.1) is 0 Å². The van der Waals surface area contributed by atoms with Gasteiger partial charge in [-0.05, 0) is 43.5 Å². The zero-order valence-corrected chi connectivity index (χ0v) is 12.3. The van der Waals surface area contributed by atoms with Crippen molar-refractivity contribution in [3.05, 3.63) is 35.5 Å². The molecule has 20 heavy (non-hydrogen) atoms. The molecule has 2 aromatic rings. The molecule has 0 amide bonds. The number of benzene rings is 1. The van der Waals surface area contributed by atoms with E-state index in [0.717, 1.165) is 41.4 Å². The van der Waals surface area contributed by atoms with Gasteiger partial charge in [-0.1, -0.05) is 19.0 Å². The highest BCUT2D eigenvalue weighted by Crippen LogP contribution is 2.27. The lowest BCUT2D eigenvalue weighted by Crippen LogP contribution is -2.01. The quantitative estimate of drug-likeness (QED) is 0.875. The van der Waals surface area contributed by atoms with E-state index in [1.54, 1.807) is 0 Å². The molecule has 0 atom stereocenters. The van der Waals surface area contributed by atoms with Gasteiger partial charge in [-0.2, -0.15) is 0 Å². The Morgan fingerprint density at radius 2 is 1.95 bits per heavy atom. The van der Waals surface area contributed by atoms with Gasteiger partial charge in [-0.25, -0.2) is 0 Å². The van der Waals surface area contributed by atoms with Crippen molar-refractivity contribution in [3.63, 3.8) is 0 Å². The van der Waals surface area contributed by atoms with Gasteiger partial charge in [0.15, 0.2) is 5.76 Å². The van der Waals surface area contributed by atoms with Crippen LogP contribution in [0.4, 0.5) is 0 Å². The minimum atomic E-state index is 0.395. The topological polar surface area (TPSA) is 61.3 Å². The maximum Gasteiger partial charge on any atom is 0.170 e. The first kappa shape index (κ1) is 14.6. The average molecular weight is 274 g/mol. The number of aromatic nitrogens is 1. The van der Waals surface area contributed by atoms with E-state index in [1.165, 1.54) is 0 Å². The Balaban J connectivity index is 2.05. The van der Waals surface area contributed by atoms with E-state index in [4.69, 9.17) is 15.0 Å². The van der Waals surface area contributed by atoms with E-state index >= 15 is 0 Å². The summed E-state index contributed by atoms with van der Waals surface area (Å²) in [6, 6.07) is 7.89. The van der Waals surface area contributed by atoms with Crippen molar-refractivity contribution in [2.75, 3.05) is 6.61 Å². The monoisotopic (exact) mass is 274 g/mol. The third-order valence-electron chi connectivity index (χ3n) is 3.29. The van der Waals surface area contributed by atoms with Crippen LogP contribution in [0.3, 0.4) is 0 Å².